The normalized spacial score (nSPS) is 15.8. The van der Waals surface area contributed by atoms with E-state index in [9.17, 15) is 4.79 Å². The van der Waals surface area contributed by atoms with Crippen molar-refractivity contribution < 1.29 is 9.53 Å². The van der Waals surface area contributed by atoms with Crippen molar-refractivity contribution in [2.24, 2.45) is 0 Å². The first kappa shape index (κ1) is 23.2. The zero-order valence-electron chi connectivity index (χ0n) is 21.0. The van der Waals surface area contributed by atoms with Crippen LogP contribution in [0.3, 0.4) is 0 Å². The largest absolute Gasteiger partial charge is 0.493 e. The Morgan fingerprint density at radius 1 is 0.971 bits per heavy atom. The summed E-state index contributed by atoms with van der Waals surface area (Å²) in [7, 11) is 0. The van der Waals surface area contributed by atoms with Crippen molar-refractivity contribution in [1.29, 1.82) is 0 Å². The topological polar surface area (TPSA) is 47.4 Å². The van der Waals surface area contributed by atoms with Crippen molar-refractivity contribution in [3.8, 4) is 5.75 Å². The fourth-order valence-corrected chi connectivity index (χ4v) is 5.05. The van der Waals surface area contributed by atoms with Crippen molar-refractivity contribution in [3.05, 3.63) is 88.7 Å². The molecule has 1 aliphatic heterocycles. The Bertz CT molecular complexity index is 1390. The molecule has 0 N–H and O–H groups in total. The van der Waals surface area contributed by atoms with E-state index in [-0.39, 0.29) is 11.8 Å². The van der Waals surface area contributed by atoms with E-state index in [0.29, 0.717) is 19.6 Å². The Balaban J connectivity index is 1.36. The summed E-state index contributed by atoms with van der Waals surface area (Å²) in [4.78, 5) is 20.0. The lowest BCUT2D eigenvalue weighted by Gasteiger charge is -2.20. The SMILES string of the molecule is Cc1ccc(C)c(OCCCn2c(C3CC(=O)N(c4cccc(C)c4C)C3)nc3ccccc32)c1. The third-order valence-corrected chi connectivity index (χ3v) is 7.17. The van der Waals surface area contributed by atoms with Gasteiger partial charge in [-0.05, 0) is 80.6 Å². The van der Waals surface area contributed by atoms with Crippen molar-refractivity contribution in [2.45, 2.75) is 53.0 Å². The van der Waals surface area contributed by atoms with Crippen LogP contribution in [0.5, 0.6) is 5.75 Å². The van der Waals surface area contributed by atoms with E-state index < -0.39 is 0 Å². The quantitative estimate of drug-likeness (QED) is 0.301. The summed E-state index contributed by atoms with van der Waals surface area (Å²) < 4.78 is 8.41. The van der Waals surface area contributed by atoms with Crippen LogP contribution in [-0.4, -0.2) is 28.6 Å². The first-order chi connectivity index (χ1) is 16.9. The molecular weight excluding hydrogens is 434 g/mol. The van der Waals surface area contributed by atoms with Crippen LogP contribution in [0.1, 0.15) is 46.8 Å². The number of anilines is 1. The Labute approximate surface area is 207 Å². The van der Waals surface area contributed by atoms with Crippen LogP contribution in [-0.2, 0) is 11.3 Å². The monoisotopic (exact) mass is 467 g/mol. The van der Waals surface area contributed by atoms with Crippen LogP contribution < -0.4 is 9.64 Å². The molecule has 1 amide bonds. The van der Waals surface area contributed by atoms with E-state index in [0.717, 1.165) is 46.8 Å². The first-order valence-corrected chi connectivity index (χ1v) is 12.4. The summed E-state index contributed by atoms with van der Waals surface area (Å²) >= 11 is 0. The molecule has 1 atom stereocenters. The number of hydrogen-bond acceptors (Lipinski definition) is 3. The number of aromatic nitrogens is 2. The molecule has 4 aromatic rings. The lowest BCUT2D eigenvalue weighted by Crippen LogP contribution is -2.25. The highest BCUT2D eigenvalue weighted by Gasteiger charge is 2.35. The molecule has 0 radical (unpaired) electrons. The maximum atomic E-state index is 13.1. The summed E-state index contributed by atoms with van der Waals surface area (Å²) in [5.74, 6) is 2.18. The summed E-state index contributed by atoms with van der Waals surface area (Å²) in [5, 5.41) is 0. The van der Waals surface area contributed by atoms with Crippen LogP contribution in [0.15, 0.2) is 60.7 Å². The number of amides is 1. The van der Waals surface area contributed by atoms with Gasteiger partial charge in [0.2, 0.25) is 5.91 Å². The van der Waals surface area contributed by atoms with E-state index in [2.05, 4.69) is 80.8 Å². The number of hydrogen-bond donors (Lipinski definition) is 0. The van der Waals surface area contributed by atoms with Crippen LogP contribution in [0.2, 0.25) is 0 Å². The predicted octanol–water partition coefficient (Wildman–Crippen LogP) is 6.26. The van der Waals surface area contributed by atoms with Gasteiger partial charge in [-0.15, -0.1) is 0 Å². The number of aryl methyl sites for hydroxylation is 4. The predicted molar refractivity (Wildman–Crippen MR) is 141 cm³/mol. The summed E-state index contributed by atoms with van der Waals surface area (Å²) in [6.45, 7) is 10.4. The number of nitrogens with zero attached hydrogens (tertiary/aromatic N) is 3. The number of para-hydroxylation sites is 2. The number of carbonyl (C=O) groups is 1. The lowest BCUT2D eigenvalue weighted by molar-refractivity contribution is -0.117. The number of carbonyl (C=O) groups excluding carboxylic acids is 1. The van der Waals surface area contributed by atoms with Gasteiger partial charge in [-0.25, -0.2) is 4.98 Å². The number of ether oxygens (including phenoxy) is 1. The van der Waals surface area contributed by atoms with Gasteiger partial charge in [0.05, 0.1) is 17.6 Å². The van der Waals surface area contributed by atoms with Gasteiger partial charge in [-0.2, -0.15) is 0 Å². The molecule has 1 aromatic heterocycles. The molecule has 180 valence electrons. The molecule has 5 rings (SSSR count). The second-order valence-corrected chi connectivity index (χ2v) is 9.71. The average Bonchev–Trinajstić information content (AvgIpc) is 3.41. The van der Waals surface area contributed by atoms with Gasteiger partial charge >= 0.3 is 0 Å². The summed E-state index contributed by atoms with van der Waals surface area (Å²) in [5.41, 5.74) is 7.84. The molecule has 1 unspecified atom stereocenters. The highest BCUT2D eigenvalue weighted by molar-refractivity contribution is 5.97. The highest BCUT2D eigenvalue weighted by atomic mass is 16.5. The van der Waals surface area contributed by atoms with Gasteiger partial charge in [0.1, 0.15) is 11.6 Å². The number of rotatable bonds is 7. The molecule has 2 heterocycles. The standard InChI is InChI=1S/C30H33N3O2/c1-20-13-14-22(3)28(17-20)35-16-8-15-32-27-11-6-5-10-25(27)31-30(32)24-18-29(34)33(19-24)26-12-7-9-21(2)23(26)4/h5-7,9-14,17,24H,8,15-16,18-19H2,1-4H3. The third kappa shape index (κ3) is 4.55. The van der Waals surface area contributed by atoms with Crippen molar-refractivity contribution in [1.82, 2.24) is 9.55 Å². The Morgan fingerprint density at radius 3 is 2.66 bits per heavy atom. The molecule has 1 saturated heterocycles. The van der Waals surface area contributed by atoms with E-state index in [1.54, 1.807) is 0 Å². The highest BCUT2D eigenvalue weighted by Crippen LogP contribution is 2.35. The molecule has 0 bridgehead atoms. The molecule has 0 saturated carbocycles. The maximum Gasteiger partial charge on any atom is 0.227 e. The van der Waals surface area contributed by atoms with Gasteiger partial charge in [-0.3, -0.25) is 4.79 Å². The molecule has 35 heavy (non-hydrogen) atoms. The number of imidazole rings is 1. The van der Waals surface area contributed by atoms with Crippen LogP contribution in [0, 0.1) is 27.7 Å². The van der Waals surface area contributed by atoms with Gasteiger partial charge in [0.15, 0.2) is 0 Å². The fraction of sp³-hybridized carbons (Fsp3) is 0.333. The Kier molecular flexibility index (Phi) is 6.33. The minimum Gasteiger partial charge on any atom is -0.493 e. The molecule has 5 heteroatoms. The minimum atomic E-state index is 0.0646. The number of benzene rings is 3. The van der Waals surface area contributed by atoms with E-state index >= 15 is 0 Å². The Morgan fingerprint density at radius 2 is 1.80 bits per heavy atom. The van der Waals surface area contributed by atoms with E-state index in [1.165, 1.54) is 16.7 Å². The zero-order chi connectivity index (χ0) is 24.5. The van der Waals surface area contributed by atoms with Crippen LogP contribution in [0.4, 0.5) is 5.69 Å². The average molecular weight is 468 g/mol. The van der Waals surface area contributed by atoms with Crippen molar-refractivity contribution in [3.63, 3.8) is 0 Å². The molecule has 0 spiro atoms. The molecule has 1 aliphatic rings. The maximum absolute atomic E-state index is 13.1. The van der Waals surface area contributed by atoms with E-state index in [1.807, 2.05) is 17.0 Å². The van der Waals surface area contributed by atoms with Gasteiger partial charge in [0, 0.05) is 31.1 Å². The second-order valence-electron chi connectivity index (χ2n) is 9.71. The molecule has 3 aromatic carbocycles. The lowest BCUT2D eigenvalue weighted by atomic mass is 10.1. The third-order valence-electron chi connectivity index (χ3n) is 7.17. The van der Waals surface area contributed by atoms with Gasteiger partial charge < -0.3 is 14.2 Å². The second kappa shape index (κ2) is 9.57. The summed E-state index contributed by atoms with van der Waals surface area (Å²) in [6.07, 6.45) is 1.35. The van der Waals surface area contributed by atoms with Crippen molar-refractivity contribution >= 4 is 22.6 Å². The van der Waals surface area contributed by atoms with Crippen molar-refractivity contribution in [2.75, 3.05) is 18.1 Å². The molecular formula is C30H33N3O2. The minimum absolute atomic E-state index is 0.0646. The van der Waals surface area contributed by atoms with Crippen LogP contribution >= 0.6 is 0 Å². The first-order valence-electron chi connectivity index (χ1n) is 12.4. The van der Waals surface area contributed by atoms with Gasteiger partial charge in [0.25, 0.3) is 0 Å². The fourth-order valence-electron chi connectivity index (χ4n) is 5.05. The zero-order valence-corrected chi connectivity index (χ0v) is 21.0. The Hall–Kier alpha value is -3.60. The molecule has 1 fully saturated rings. The van der Waals surface area contributed by atoms with E-state index in [4.69, 9.17) is 9.72 Å². The molecule has 5 nitrogen and oxygen atoms in total. The summed E-state index contributed by atoms with van der Waals surface area (Å²) in [6, 6.07) is 20.7. The molecule has 0 aliphatic carbocycles. The van der Waals surface area contributed by atoms with Gasteiger partial charge in [-0.1, -0.05) is 36.4 Å². The number of fused-ring (bicyclic) bond motifs is 1. The van der Waals surface area contributed by atoms with Crippen LogP contribution in [0.25, 0.3) is 11.0 Å². The smallest absolute Gasteiger partial charge is 0.227 e.